The quantitative estimate of drug-likeness (QED) is 0.544. The van der Waals surface area contributed by atoms with Gasteiger partial charge >= 0.3 is 0 Å². The SMILES string of the molecule is CCc1noc(CSc2nnnn2CCNCC(C)C)n1. The molecule has 0 spiro atoms. The summed E-state index contributed by atoms with van der Waals surface area (Å²) < 4.78 is 6.93. The van der Waals surface area contributed by atoms with E-state index >= 15 is 0 Å². The van der Waals surface area contributed by atoms with Crippen LogP contribution >= 0.6 is 11.8 Å². The number of thioether (sulfide) groups is 1. The van der Waals surface area contributed by atoms with Gasteiger partial charge in [-0.15, -0.1) is 5.10 Å². The Balaban J connectivity index is 1.79. The molecule has 0 aromatic carbocycles. The Labute approximate surface area is 128 Å². The smallest absolute Gasteiger partial charge is 0.237 e. The summed E-state index contributed by atoms with van der Waals surface area (Å²) in [5, 5.41) is 19.7. The Kier molecular flexibility index (Phi) is 6.12. The van der Waals surface area contributed by atoms with Crippen molar-refractivity contribution < 1.29 is 4.52 Å². The molecule has 0 aliphatic carbocycles. The molecule has 0 saturated heterocycles. The van der Waals surface area contributed by atoms with Crippen LogP contribution in [-0.2, 0) is 18.7 Å². The van der Waals surface area contributed by atoms with Crippen molar-refractivity contribution in [3.8, 4) is 0 Å². The number of nitrogens with zero attached hydrogens (tertiary/aromatic N) is 6. The lowest BCUT2D eigenvalue weighted by Crippen LogP contribution is -2.24. The molecular formula is C12H21N7OS. The van der Waals surface area contributed by atoms with Crippen LogP contribution in [0.15, 0.2) is 9.68 Å². The molecule has 2 aromatic heterocycles. The fraction of sp³-hybridized carbons (Fsp3) is 0.750. The summed E-state index contributed by atoms with van der Waals surface area (Å²) >= 11 is 1.50. The normalized spacial score (nSPS) is 11.4. The molecule has 0 unspecified atom stereocenters. The largest absolute Gasteiger partial charge is 0.338 e. The van der Waals surface area contributed by atoms with E-state index in [1.807, 2.05) is 6.92 Å². The summed E-state index contributed by atoms with van der Waals surface area (Å²) in [4.78, 5) is 4.26. The number of hydrogen-bond acceptors (Lipinski definition) is 8. The second-order valence-corrected chi connectivity index (χ2v) is 5.97. The molecule has 0 radical (unpaired) electrons. The van der Waals surface area contributed by atoms with Crippen molar-refractivity contribution in [2.75, 3.05) is 13.1 Å². The van der Waals surface area contributed by atoms with Gasteiger partial charge in [0.25, 0.3) is 0 Å². The van der Waals surface area contributed by atoms with Crippen molar-refractivity contribution in [1.29, 1.82) is 0 Å². The van der Waals surface area contributed by atoms with Gasteiger partial charge in [-0.05, 0) is 22.9 Å². The van der Waals surface area contributed by atoms with E-state index in [0.29, 0.717) is 17.6 Å². The second kappa shape index (κ2) is 8.08. The van der Waals surface area contributed by atoms with Crippen molar-refractivity contribution in [3.63, 3.8) is 0 Å². The van der Waals surface area contributed by atoms with Crippen molar-refractivity contribution in [3.05, 3.63) is 11.7 Å². The summed E-state index contributed by atoms with van der Waals surface area (Å²) in [6, 6.07) is 0. The van der Waals surface area contributed by atoms with E-state index < -0.39 is 0 Å². The Morgan fingerprint density at radius 1 is 1.38 bits per heavy atom. The fourth-order valence-corrected chi connectivity index (χ4v) is 2.38. The molecule has 21 heavy (non-hydrogen) atoms. The highest BCUT2D eigenvalue weighted by Gasteiger charge is 2.10. The van der Waals surface area contributed by atoms with E-state index in [2.05, 4.69) is 44.8 Å². The first-order valence-corrected chi connectivity index (χ1v) is 8.08. The van der Waals surface area contributed by atoms with Crippen LogP contribution in [-0.4, -0.2) is 43.4 Å². The maximum atomic E-state index is 5.15. The molecule has 0 fully saturated rings. The number of rotatable bonds is 9. The third-order valence-electron chi connectivity index (χ3n) is 2.70. The summed E-state index contributed by atoms with van der Waals surface area (Å²) in [5.41, 5.74) is 0. The molecule has 0 aliphatic rings. The van der Waals surface area contributed by atoms with Crippen LogP contribution in [0.5, 0.6) is 0 Å². The maximum Gasteiger partial charge on any atom is 0.237 e. The van der Waals surface area contributed by atoms with E-state index in [1.165, 1.54) is 11.8 Å². The molecule has 116 valence electrons. The molecular weight excluding hydrogens is 290 g/mol. The highest BCUT2D eigenvalue weighted by molar-refractivity contribution is 7.98. The minimum absolute atomic E-state index is 0.576. The number of nitrogens with one attached hydrogen (secondary N) is 1. The van der Waals surface area contributed by atoms with Gasteiger partial charge in [-0.1, -0.05) is 37.7 Å². The number of hydrogen-bond donors (Lipinski definition) is 1. The van der Waals surface area contributed by atoms with E-state index in [-0.39, 0.29) is 0 Å². The molecule has 0 aliphatic heterocycles. The molecule has 8 nitrogen and oxygen atoms in total. The van der Waals surface area contributed by atoms with Gasteiger partial charge in [-0.2, -0.15) is 4.98 Å². The minimum atomic E-state index is 0.576. The number of aryl methyl sites for hydroxylation is 1. The van der Waals surface area contributed by atoms with Crippen LogP contribution in [0.2, 0.25) is 0 Å². The molecule has 1 N–H and O–H groups in total. The lowest BCUT2D eigenvalue weighted by Gasteiger charge is -2.07. The van der Waals surface area contributed by atoms with Crippen molar-refractivity contribution in [1.82, 2.24) is 35.7 Å². The first-order valence-electron chi connectivity index (χ1n) is 7.10. The zero-order valence-electron chi connectivity index (χ0n) is 12.6. The molecule has 9 heteroatoms. The topological polar surface area (TPSA) is 94.5 Å². The predicted octanol–water partition coefficient (Wildman–Crippen LogP) is 1.16. The van der Waals surface area contributed by atoms with Gasteiger partial charge in [0.15, 0.2) is 5.82 Å². The molecule has 0 bridgehead atoms. The molecule has 2 heterocycles. The average molecular weight is 311 g/mol. The molecule has 0 atom stereocenters. The van der Waals surface area contributed by atoms with Crippen molar-refractivity contribution in [2.45, 2.75) is 44.6 Å². The highest BCUT2D eigenvalue weighted by atomic mass is 32.2. The molecule has 0 saturated carbocycles. The van der Waals surface area contributed by atoms with Crippen molar-refractivity contribution in [2.24, 2.45) is 5.92 Å². The summed E-state index contributed by atoms with van der Waals surface area (Å²) in [6.07, 6.45) is 0.771. The van der Waals surface area contributed by atoms with E-state index in [1.54, 1.807) is 4.68 Å². The lowest BCUT2D eigenvalue weighted by atomic mass is 10.2. The summed E-state index contributed by atoms with van der Waals surface area (Å²) in [7, 11) is 0. The van der Waals surface area contributed by atoms with Gasteiger partial charge in [-0.3, -0.25) is 0 Å². The highest BCUT2D eigenvalue weighted by Crippen LogP contribution is 2.18. The Morgan fingerprint density at radius 3 is 2.95 bits per heavy atom. The molecule has 2 aromatic rings. The Morgan fingerprint density at radius 2 is 2.24 bits per heavy atom. The van der Waals surface area contributed by atoms with Gasteiger partial charge in [0.2, 0.25) is 11.0 Å². The van der Waals surface area contributed by atoms with Gasteiger partial charge in [-0.25, -0.2) is 4.68 Å². The Bertz CT molecular complexity index is 539. The first kappa shape index (κ1) is 15.9. The molecule has 2 rings (SSSR count). The van der Waals surface area contributed by atoms with Gasteiger partial charge in [0, 0.05) is 13.0 Å². The summed E-state index contributed by atoms with van der Waals surface area (Å²) in [6.45, 7) is 8.93. The number of tetrazole rings is 1. The van der Waals surface area contributed by atoms with Crippen LogP contribution in [0, 0.1) is 5.92 Å². The van der Waals surface area contributed by atoms with Crippen molar-refractivity contribution >= 4 is 11.8 Å². The monoisotopic (exact) mass is 311 g/mol. The second-order valence-electron chi connectivity index (χ2n) is 5.03. The van der Waals surface area contributed by atoms with Crippen LogP contribution in [0.3, 0.4) is 0 Å². The zero-order chi connectivity index (χ0) is 15.1. The summed E-state index contributed by atoms with van der Waals surface area (Å²) in [5.74, 6) is 2.54. The minimum Gasteiger partial charge on any atom is -0.338 e. The Hall–Kier alpha value is -1.48. The third-order valence-corrected chi connectivity index (χ3v) is 3.65. The predicted molar refractivity (Wildman–Crippen MR) is 78.8 cm³/mol. The zero-order valence-corrected chi connectivity index (χ0v) is 13.4. The van der Waals surface area contributed by atoms with Crippen LogP contribution in [0.4, 0.5) is 0 Å². The van der Waals surface area contributed by atoms with Crippen LogP contribution in [0.1, 0.15) is 32.5 Å². The van der Waals surface area contributed by atoms with E-state index in [0.717, 1.165) is 37.0 Å². The van der Waals surface area contributed by atoms with E-state index in [4.69, 9.17) is 4.52 Å². The molecule has 0 amide bonds. The first-order chi connectivity index (χ1) is 10.2. The number of aromatic nitrogens is 6. The van der Waals surface area contributed by atoms with E-state index in [9.17, 15) is 0 Å². The maximum absolute atomic E-state index is 5.15. The van der Waals surface area contributed by atoms with Gasteiger partial charge < -0.3 is 9.84 Å². The average Bonchev–Trinajstić information content (AvgIpc) is 3.10. The fourth-order valence-electron chi connectivity index (χ4n) is 1.63. The standard InChI is InChI=1S/C12H21N7OS/c1-4-10-14-11(20-16-10)8-21-12-15-17-18-19(12)6-5-13-7-9(2)3/h9,13H,4-8H2,1-3H3. The van der Waals surface area contributed by atoms with Crippen LogP contribution in [0.25, 0.3) is 0 Å². The van der Waals surface area contributed by atoms with Crippen LogP contribution < -0.4 is 5.32 Å². The lowest BCUT2D eigenvalue weighted by molar-refractivity contribution is 0.385. The third kappa shape index (κ3) is 5.09. The van der Waals surface area contributed by atoms with Gasteiger partial charge in [0.1, 0.15) is 0 Å². The van der Waals surface area contributed by atoms with Gasteiger partial charge in [0.05, 0.1) is 12.3 Å².